The van der Waals surface area contributed by atoms with Crippen LogP contribution in [0.5, 0.6) is 0 Å². The predicted octanol–water partition coefficient (Wildman–Crippen LogP) is 20.9. The first-order valence-electron chi connectivity index (χ1n) is 31.2. The van der Waals surface area contributed by atoms with E-state index in [1.54, 1.807) is 0 Å². The summed E-state index contributed by atoms with van der Waals surface area (Å²) in [4.78, 5) is 38.2. The second-order valence-electron chi connectivity index (χ2n) is 21.3. The SMILES string of the molecule is CCCCCCCC/C=C\CCCCCCCC(=O)OC[C@H](COC(=O)CCCCCCCCCCCCCCCCC)OC(=O)CCCCCCCCCCCCCCCCCCCCCCC. The molecule has 0 heterocycles. The number of hydrogen-bond acceptors (Lipinski definition) is 6. The van der Waals surface area contributed by atoms with E-state index in [2.05, 4.69) is 32.9 Å². The van der Waals surface area contributed by atoms with Crippen molar-refractivity contribution in [1.29, 1.82) is 0 Å². The first-order valence-corrected chi connectivity index (χ1v) is 31.2. The van der Waals surface area contributed by atoms with Crippen LogP contribution in [0.1, 0.15) is 355 Å². The second-order valence-corrected chi connectivity index (χ2v) is 21.3. The average Bonchev–Trinajstić information content (AvgIpc) is 3.35. The number of esters is 3. The van der Waals surface area contributed by atoms with E-state index in [4.69, 9.17) is 14.2 Å². The Balaban J connectivity index is 4.29. The average molecular weight is 974 g/mol. The summed E-state index contributed by atoms with van der Waals surface area (Å²) in [6, 6.07) is 0. The highest BCUT2D eigenvalue weighted by molar-refractivity contribution is 5.71. The standard InChI is InChI=1S/C63H120O6/c1-4-7-10-13-16-19-22-25-28-29-30-31-32-33-36-39-42-45-48-51-54-57-63(66)69-60(58-67-61(64)55-52-49-46-43-40-37-34-26-23-20-17-14-11-8-5-2)59-68-62(65)56-53-50-47-44-41-38-35-27-24-21-18-15-12-9-6-3/h26,34,60H,4-25,27-33,35-59H2,1-3H3/b34-26-/t60-/m1/s1. The number of carbonyl (C=O) groups excluding carboxylic acids is 3. The van der Waals surface area contributed by atoms with Crippen LogP contribution in [0.4, 0.5) is 0 Å². The van der Waals surface area contributed by atoms with Crippen LogP contribution < -0.4 is 0 Å². The van der Waals surface area contributed by atoms with Crippen LogP contribution in [0.15, 0.2) is 12.2 Å². The Bertz CT molecular complexity index is 1070. The molecule has 0 spiro atoms. The lowest BCUT2D eigenvalue weighted by atomic mass is 10.0. The van der Waals surface area contributed by atoms with Gasteiger partial charge in [0.05, 0.1) is 0 Å². The molecule has 0 rings (SSSR count). The van der Waals surface area contributed by atoms with Crippen molar-refractivity contribution in [3.05, 3.63) is 12.2 Å². The van der Waals surface area contributed by atoms with E-state index in [-0.39, 0.29) is 31.1 Å². The highest BCUT2D eigenvalue weighted by Gasteiger charge is 2.19. The Kier molecular flexibility index (Phi) is 57.1. The summed E-state index contributed by atoms with van der Waals surface area (Å²) in [6.07, 6.45) is 67.8. The molecule has 6 nitrogen and oxygen atoms in total. The lowest BCUT2D eigenvalue weighted by Gasteiger charge is -2.18. The maximum atomic E-state index is 12.9. The molecule has 1 atom stereocenters. The van der Waals surface area contributed by atoms with Gasteiger partial charge in [0, 0.05) is 19.3 Å². The molecule has 0 saturated heterocycles. The van der Waals surface area contributed by atoms with Crippen LogP contribution >= 0.6 is 0 Å². The monoisotopic (exact) mass is 973 g/mol. The van der Waals surface area contributed by atoms with Crippen LogP contribution in [0.25, 0.3) is 0 Å². The minimum absolute atomic E-state index is 0.0662. The predicted molar refractivity (Wildman–Crippen MR) is 298 cm³/mol. The molecule has 6 heteroatoms. The van der Waals surface area contributed by atoms with Gasteiger partial charge in [0.2, 0.25) is 0 Å². The molecule has 0 aliphatic rings. The van der Waals surface area contributed by atoms with E-state index in [0.717, 1.165) is 64.2 Å². The zero-order valence-electron chi connectivity index (χ0n) is 46.9. The summed E-state index contributed by atoms with van der Waals surface area (Å²) < 4.78 is 16.9. The van der Waals surface area contributed by atoms with Crippen molar-refractivity contribution in [3.8, 4) is 0 Å². The van der Waals surface area contributed by atoms with Crippen LogP contribution in [0.2, 0.25) is 0 Å². The van der Waals surface area contributed by atoms with Gasteiger partial charge in [-0.3, -0.25) is 14.4 Å². The molecule has 69 heavy (non-hydrogen) atoms. The highest BCUT2D eigenvalue weighted by Crippen LogP contribution is 2.18. The van der Waals surface area contributed by atoms with Gasteiger partial charge in [-0.15, -0.1) is 0 Å². The molecule has 0 bridgehead atoms. The van der Waals surface area contributed by atoms with Crippen molar-refractivity contribution in [2.45, 2.75) is 361 Å². The summed E-state index contributed by atoms with van der Waals surface area (Å²) in [6.45, 7) is 6.70. The third-order valence-electron chi connectivity index (χ3n) is 14.3. The molecule has 0 fully saturated rings. The van der Waals surface area contributed by atoms with Crippen molar-refractivity contribution in [3.63, 3.8) is 0 Å². The third-order valence-corrected chi connectivity index (χ3v) is 14.3. The van der Waals surface area contributed by atoms with E-state index in [1.807, 2.05) is 0 Å². The first-order chi connectivity index (χ1) is 34.0. The van der Waals surface area contributed by atoms with Gasteiger partial charge >= 0.3 is 17.9 Å². The summed E-state index contributed by atoms with van der Waals surface area (Å²) in [5.74, 6) is -0.846. The molecule has 0 radical (unpaired) electrons. The van der Waals surface area contributed by atoms with Gasteiger partial charge < -0.3 is 14.2 Å². The van der Waals surface area contributed by atoms with E-state index < -0.39 is 6.10 Å². The Morgan fingerprint density at radius 3 is 0.725 bits per heavy atom. The molecular formula is C63H120O6. The summed E-state index contributed by atoms with van der Waals surface area (Å²) in [5.41, 5.74) is 0. The minimum atomic E-state index is -0.768. The molecule has 0 N–H and O–H groups in total. The number of rotatable bonds is 58. The minimum Gasteiger partial charge on any atom is -0.462 e. The Labute approximate surface area is 431 Å². The largest absolute Gasteiger partial charge is 0.462 e. The Morgan fingerprint density at radius 2 is 0.478 bits per heavy atom. The lowest BCUT2D eigenvalue weighted by Crippen LogP contribution is -2.30. The van der Waals surface area contributed by atoms with Crippen LogP contribution in [-0.2, 0) is 28.6 Å². The van der Waals surface area contributed by atoms with Crippen molar-refractivity contribution >= 4 is 17.9 Å². The number of carbonyl (C=O) groups is 3. The fourth-order valence-electron chi connectivity index (χ4n) is 9.56. The second kappa shape index (κ2) is 58.7. The molecule has 0 aromatic rings. The summed E-state index contributed by atoms with van der Waals surface area (Å²) in [7, 11) is 0. The summed E-state index contributed by atoms with van der Waals surface area (Å²) in [5, 5.41) is 0. The topological polar surface area (TPSA) is 78.9 Å². The molecule has 0 aliphatic heterocycles. The van der Waals surface area contributed by atoms with E-state index in [1.165, 1.54) is 250 Å². The fourth-order valence-corrected chi connectivity index (χ4v) is 9.56. The molecule has 0 unspecified atom stereocenters. The molecule has 408 valence electrons. The van der Waals surface area contributed by atoms with Crippen molar-refractivity contribution in [1.82, 2.24) is 0 Å². The number of allylic oxidation sites excluding steroid dienone is 2. The molecule has 0 saturated carbocycles. The lowest BCUT2D eigenvalue weighted by molar-refractivity contribution is -0.167. The van der Waals surface area contributed by atoms with Crippen molar-refractivity contribution < 1.29 is 28.6 Å². The van der Waals surface area contributed by atoms with Crippen LogP contribution in [0.3, 0.4) is 0 Å². The molecule has 0 aromatic heterocycles. The van der Waals surface area contributed by atoms with Crippen molar-refractivity contribution in [2.75, 3.05) is 13.2 Å². The Hall–Kier alpha value is -1.85. The van der Waals surface area contributed by atoms with E-state index >= 15 is 0 Å². The number of ether oxygens (including phenoxy) is 3. The quantitative estimate of drug-likeness (QED) is 0.0261. The van der Waals surface area contributed by atoms with E-state index in [0.29, 0.717) is 19.3 Å². The molecular weight excluding hydrogens is 853 g/mol. The third kappa shape index (κ3) is 56.9. The van der Waals surface area contributed by atoms with Crippen molar-refractivity contribution in [2.24, 2.45) is 0 Å². The number of unbranched alkanes of at least 4 members (excludes halogenated alkanes) is 45. The van der Waals surface area contributed by atoms with Gasteiger partial charge in [-0.2, -0.15) is 0 Å². The fraction of sp³-hybridized carbons (Fsp3) is 0.921. The van der Waals surface area contributed by atoms with Gasteiger partial charge in [-0.25, -0.2) is 0 Å². The summed E-state index contributed by atoms with van der Waals surface area (Å²) >= 11 is 0. The number of hydrogen-bond donors (Lipinski definition) is 0. The van der Waals surface area contributed by atoms with Gasteiger partial charge in [-0.05, 0) is 44.9 Å². The Morgan fingerprint density at radius 1 is 0.275 bits per heavy atom. The molecule has 0 amide bonds. The van der Waals surface area contributed by atoms with Crippen LogP contribution in [-0.4, -0.2) is 37.2 Å². The zero-order valence-corrected chi connectivity index (χ0v) is 46.9. The normalized spacial score (nSPS) is 12.0. The molecule has 0 aliphatic carbocycles. The van der Waals surface area contributed by atoms with Gasteiger partial charge in [-0.1, -0.05) is 303 Å². The molecule has 0 aromatic carbocycles. The van der Waals surface area contributed by atoms with Crippen LogP contribution in [0, 0.1) is 0 Å². The first kappa shape index (κ1) is 67.1. The van der Waals surface area contributed by atoms with E-state index in [9.17, 15) is 14.4 Å². The smallest absolute Gasteiger partial charge is 0.306 e. The maximum Gasteiger partial charge on any atom is 0.306 e. The van der Waals surface area contributed by atoms with Gasteiger partial charge in [0.15, 0.2) is 6.10 Å². The van der Waals surface area contributed by atoms with Gasteiger partial charge in [0.1, 0.15) is 13.2 Å². The maximum absolute atomic E-state index is 12.9. The zero-order chi connectivity index (χ0) is 50.0. The highest BCUT2D eigenvalue weighted by atomic mass is 16.6. The van der Waals surface area contributed by atoms with Gasteiger partial charge in [0.25, 0.3) is 0 Å².